The van der Waals surface area contributed by atoms with Gasteiger partial charge >= 0.3 is 6.18 Å². The van der Waals surface area contributed by atoms with Gasteiger partial charge in [-0.1, -0.05) is 0 Å². The Morgan fingerprint density at radius 2 is 2.07 bits per heavy atom. The van der Waals surface area contributed by atoms with Gasteiger partial charge in [-0.3, -0.25) is 4.79 Å². The molecule has 0 aromatic rings. The number of hydrogen-bond acceptors (Lipinski definition) is 2. The van der Waals surface area contributed by atoms with Crippen LogP contribution in [-0.2, 0) is 4.79 Å². The molecular weight excluding hydrogens is 209 g/mol. The molecule has 0 heterocycles. The van der Waals surface area contributed by atoms with Crippen molar-refractivity contribution in [3.05, 3.63) is 0 Å². The molecule has 0 aromatic carbocycles. The summed E-state index contributed by atoms with van der Waals surface area (Å²) in [6, 6.07) is 1.88. The Bertz CT molecular complexity index is 289. The summed E-state index contributed by atoms with van der Waals surface area (Å²) in [7, 11) is 0. The van der Waals surface area contributed by atoms with E-state index in [1.807, 2.05) is 6.07 Å². The molecule has 1 N–H and O–H groups in total. The number of carbonyl (C=O) groups is 1. The normalized spacial score (nSPS) is 18.0. The van der Waals surface area contributed by atoms with Crippen molar-refractivity contribution in [2.24, 2.45) is 5.41 Å². The third-order valence-electron chi connectivity index (χ3n) is 2.32. The van der Waals surface area contributed by atoms with E-state index < -0.39 is 23.9 Å². The van der Waals surface area contributed by atoms with Crippen LogP contribution in [0, 0.1) is 16.7 Å². The average molecular weight is 220 g/mol. The second-order valence-corrected chi connectivity index (χ2v) is 3.67. The fraction of sp³-hybridized carbons (Fsp3) is 0.778. The zero-order valence-electron chi connectivity index (χ0n) is 8.02. The Balaban J connectivity index is 2.17. The fourth-order valence-electron chi connectivity index (χ4n) is 1.17. The molecule has 0 spiro atoms. The Kier molecular flexibility index (Phi) is 3.22. The highest BCUT2D eigenvalue weighted by molar-refractivity contribution is 5.88. The van der Waals surface area contributed by atoms with Gasteiger partial charge in [0.2, 0.25) is 5.91 Å². The summed E-state index contributed by atoms with van der Waals surface area (Å²) in [4.78, 5) is 11.3. The summed E-state index contributed by atoms with van der Waals surface area (Å²) in [5.74, 6) is -0.438. The first-order chi connectivity index (χ1) is 6.90. The van der Waals surface area contributed by atoms with Crippen LogP contribution in [0.5, 0.6) is 0 Å². The lowest BCUT2D eigenvalue weighted by Gasteiger charge is -2.09. The van der Waals surface area contributed by atoms with Crippen LogP contribution in [0.2, 0.25) is 0 Å². The van der Waals surface area contributed by atoms with Crippen molar-refractivity contribution in [2.45, 2.75) is 31.9 Å². The molecule has 1 amide bonds. The van der Waals surface area contributed by atoms with E-state index in [1.165, 1.54) is 0 Å². The molecular formula is C9H11F3N2O. The van der Waals surface area contributed by atoms with Crippen LogP contribution in [0.15, 0.2) is 0 Å². The molecule has 1 saturated carbocycles. The van der Waals surface area contributed by atoms with Crippen LogP contribution >= 0.6 is 0 Å². The van der Waals surface area contributed by atoms with Gasteiger partial charge in [0.1, 0.15) is 5.41 Å². The number of nitrogens with zero attached hydrogens (tertiary/aromatic N) is 1. The van der Waals surface area contributed by atoms with E-state index in [2.05, 4.69) is 5.32 Å². The quantitative estimate of drug-likeness (QED) is 0.734. The molecule has 1 fully saturated rings. The lowest BCUT2D eigenvalue weighted by Crippen LogP contribution is -2.32. The lowest BCUT2D eigenvalue weighted by molar-refractivity contribution is -0.136. The van der Waals surface area contributed by atoms with E-state index in [1.54, 1.807) is 0 Å². The van der Waals surface area contributed by atoms with Crippen LogP contribution in [0.3, 0.4) is 0 Å². The first-order valence-corrected chi connectivity index (χ1v) is 4.66. The van der Waals surface area contributed by atoms with Gasteiger partial charge in [0.15, 0.2) is 0 Å². The van der Waals surface area contributed by atoms with Crippen molar-refractivity contribution in [1.82, 2.24) is 5.32 Å². The number of nitrogens with one attached hydrogen (secondary N) is 1. The Morgan fingerprint density at radius 1 is 1.47 bits per heavy atom. The predicted molar refractivity (Wildman–Crippen MR) is 45.6 cm³/mol. The highest BCUT2D eigenvalue weighted by Gasteiger charge is 2.50. The Labute approximate surface area is 85.3 Å². The SMILES string of the molecule is N#CC1(C(=O)NCCCC(F)(F)F)CC1. The van der Waals surface area contributed by atoms with Gasteiger partial charge in [-0.05, 0) is 19.3 Å². The number of alkyl halides is 3. The van der Waals surface area contributed by atoms with Gasteiger partial charge in [-0.25, -0.2) is 0 Å². The second-order valence-electron chi connectivity index (χ2n) is 3.67. The maximum absolute atomic E-state index is 11.7. The monoisotopic (exact) mass is 220 g/mol. The zero-order chi connectivity index (χ0) is 11.5. The average Bonchev–Trinajstić information content (AvgIpc) is 2.91. The third-order valence-corrected chi connectivity index (χ3v) is 2.32. The van der Waals surface area contributed by atoms with Crippen molar-refractivity contribution in [3.8, 4) is 6.07 Å². The van der Waals surface area contributed by atoms with Crippen molar-refractivity contribution >= 4 is 5.91 Å². The first-order valence-electron chi connectivity index (χ1n) is 4.66. The maximum Gasteiger partial charge on any atom is 0.389 e. The summed E-state index contributed by atoms with van der Waals surface area (Å²) in [6.45, 7) is -0.0260. The smallest absolute Gasteiger partial charge is 0.355 e. The van der Waals surface area contributed by atoms with Gasteiger partial charge in [-0.2, -0.15) is 18.4 Å². The summed E-state index contributed by atoms with van der Waals surface area (Å²) in [6.07, 6.45) is -4.22. The molecule has 0 radical (unpaired) electrons. The first kappa shape index (κ1) is 11.8. The minimum atomic E-state index is -4.18. The highest BCUT2D eigenvalue weighted by Crippen LogP contribution is 2.44. The Hall–Kier alpha value is -1.25. The molecule has 15 heavy (non-hydrogen) atoms. The minimum Gasteiger partial charge on any atom is -0.355 e. The molecule has 1 aliphatic rings. The maximum atomic E-state index is 11.7. The van der Waals surface area contributed by atoms with Crippen LogP contribution in [-0.4, -0.2) is 18.6 Å². The molecule has 0 unspecified atom stereocenters. The zero-order valence-corrected chi connectivity index (χ0v) is 8.02. The van der Waals surface area contributed by atoms with Crippen LogP contribution in [0.4, 0.5) is 13.2 Å². The standard InChI is InChI=1S/C9H11F3N2O/c10-9(11,12)2-1-5-14-7(15)8(6-13)3-4-8/h1-5H2,(H,14,15). The summed E-state index contributed by atoms with van der Waals surface area (Å²) >= 11 is 0. The predicted octanol–water partition coefficient (Wildman–Crippen LogP) is 1.75. The number of nitriles is 1. The van der Waals surface area contributed by atoms with Gasteiger partial charge in [0.05, 0.1) is 6.07 Å². The fourth-order valence-corrected chi connectivity index (χ4v) is 1.17. The molecule has 84 valence electrons. The molecule has 0 aliphatic heterocycles. The number of hydrogen-bond donors (Lipinski definition) is 1. The van der Waals surface area contributed by atoms with E-state index in [0.717, 1.165) is 0 Å². The highest BCUT2D eigenvalue weighted by atomic mass is 19.4. The van der Waals surface area contributed by atoms with Crippen LogP contribution in [0.25, 0.3) is 0 Å². The summed E-state index contributed by atoms with van der Waals surface area (Å²) < 4.78 is 35.2. The van der Waals surface area contributed by atoms with Gasteiger partial charge in [-0.15, -0.1) is 0 Å². The van der Waals surface area contributed by atoms with Crippen LogP contribution in [0.1, 0.15) is 25.7 Å². The van der Waals surface area contributed by atoms with Crippen molar-refractivity contribution < 1.29 is 18.0 Å². The minimum absolute atomic E-state index is 0.0260. The van der Waals surface area contributed by atoms with Crippen LogP contribution < -0.4 is 5.32 Å². The summed E-state index contributed by atoms with van der Waals surface area (Å²) in [5.41, 5.74) is -0.946. The van der Waals surface area contributed by atoms with Gasteiger partial charge in [0.25, 0.3) is 0 Å². The van der Waals surface area contributed by atoms with Gasteiger partial charge in [0, 0.05) is 13.0 Å². The number of carbonyl (C=O) groups excluding carboxylic acids is 1. The largest absolute Gasteiger partial charge is 0.389 e. The van der Waals surface area contributed by atoms with E-state index in [0.29, 0.717) is 12.8 Å². The van der Waals surface area contributed by atoms with E-state index in [-0.39, 0.29) is 13.0 Å². The number of halogens is 3. The number of rotatable bonds is 4. The van der Waals surface area contributed by atoms with Crippen molar-refractivity contribution in [2.75, 3.05) is 6.54 Å². The van der Waals surface area contributed by atoms with E-state index >= 15 is 0 Å². The lowest BCUT2D eigenvalue weighted by atomic mass is 10.1. The van der Waals surface area contributed by atoms with E-state index in [4.69, 9.17) is 5.26 Å². The molecule has 6 heteroatoms. The topological polar surface area (TPSA) is 52.9 Å². The molecule has 1 aliphatic carbocycles. The van der Waals surface area contributed by atoms with Gasteiger partial charge < -0.3 is 5.32 Å². The van der Waals surface area contributed by atoms with Crippen molar-refractivity contribution in [3.63, 3.8) is 0 Å². The second kappa shape index (κ2) is 4.09. The number of amides is 1. The van der Waals surface area contributed by atoms with E-state index in [9.17, 15) is 18.0 Å². The molecule has 0 aromatic heterocycles. The molecule has 0 saturated heterocycles. The Morgan fingerprint density at radius 3 is 2.47 bits per heavy atom. The molecule has 3 nitrogen and oxygen atoms in total. The molecule has 0 bridgehead atoms. The molecule has 0 atom stereocenters. The molecule has 1 rings (SSSR count). The van der Waals surface area contributed by atoms with Crippen molar-refractivity contribution in [1.29, 1.82) is 5.26 Å². The summed E-state index contributed by atoms with van der Waals surface area (Å²) in [5, 5.41) is 11.0. The third kappa shape index (κ3) is 3.42.